The standard InChI is InChI=1S/C28H28F3N5O4/c1-13(2)8-20(35(3)25(38)19-9-14-16(29)10-17(30)22(31)23(14)33-19)26(39)36-12-28(11-21(36)24(32)37)15-6-4-5-7-18(15)34-27(28)40/h4-7,9-10,13,20-21,33H,8,11-12H2,1-3H3,(H2,32,37)(H,34,40)/t20-,21?,28?/m0/s1. The number of likely N-dealkylation sites (N-methyl/N-ethyl adjacent to an activating group) is 1. The van der Waals surface area contributed by atoms with Gasteiger partial charge >= 0.3 is 0 Å². The van der Waals surface area contributed by atoms with Gasteiger partial charge in [-0.05, 0) is 36.5 Å². The highest BCUT2D eigenvalue weighted by Crippen LogP contribution is 2.46. The Bertz CT molecular complexity index is 1570. The summed E-state index contributed by atoms with van der Waals surface area (Å²) < 4.78 is 42.3. The van der Waals surface area contributed by atoms with Crippen molar-refractivity contribution in [3.63, 3.8) is 0 Å². The molecule has 2 aliphatic rings. The zero-order chi connectivity index (χ0) is 29.1. The van der Waals surface area contributed by atoms with Crippen LogP contribution >= 0.6 is 0 Å². The number of fused-ring (bicyclic) bond motifs is 3. The van der Waals surface area contributed by atoms with Crippen LogP contribution in [0.15, 0.2) is 36.4 Å². The zero-order valence-corrected chi connectivity index (χ0v) is 22.1. The summed E-state index contributed by atoms with van der Waals surface area (Å²) in [5.74, 6) is -6.40. The monoisotopic (exact) mass is 555 g/mol. The number of nitrogens with one attached hydrogen (secondary N) is 2. The molecule has 2 unspecified atom stereocenters. The minimum atomic E-state index is -1.41. The number of aromatic amines is 1. The lowest BCUT2D eigenvalue weighted by molar-refractivity contribution is -0.141. The molecular formula is C28H28F3N5O4. The van der Waals surface area contributed by atoms with Gasteiger partial charge in [0.25, 0.3) is 5.91 Å². The molecule has 3 aromatic rings. The second-order valence-corrected chi connectivity index (χ2v) is 10.9. The molecule has 210 valence electrons. The molecule has 1 saturated heterocycles. The summed E-state index contributed by atoms with van der Waals surface area (Å²) in [7, 11) is 1.36. The van der Waals surface area contributed by atoms with Crippen molar-refractivity contribution in [2.75, 3.05) is 18.9 Å². The van der Waals surface area contributed by atoms with Crippen LogP contribution < -0.4 is 11.1 Å². The molecule has 0 aliphatic carbocycles. The van der Waals surface area contributed by atoms with Gasteiger partial charge in [0.15, 0.2) is 11.6 Å². The Morgan fingerprint density at radius 3 is 2.52 bits per heavy atom. The molecule has 2 aliphatic heterocycles. The summed E-state index contributed by atoms with van der Waals surface area (Å²) in [6.07, 6.45) is 0.158. The molecule has 5 rings (SSSR count). The number of rotatable bonds is 6. The quantitative estimate of drug-likeness (QED) is 0.404. The Morgan fingerprint density at radius 1 is 1.15 bits per heavy atom. The van der Waals surface area contributed by atoms with Gasteiger partial charge in [-0.25, -0.2) is 13.2 Å². The average Bonchev–Trinajstić information content (AvgIpc) is 3.60. The van der Waals surface area contributed by atoms with E-state index < -0.39 is 58.2 Å². The number of likely N-dealkylation sites (tertiary alicyclic amines) is 1. The molecule has 3 atom stereocenters. The van der Waals surface area contributed by atoms with Crippen LogP contribution in [-0.2, 0) is 19.8 Å². The van der Waals surface area contributed by atoms with Crippen LogP contribution in [-0.4, -0.2) is 64.1 Å². The maximum absolute atomic E-state index is 14.3. The molecule has 40 heavy (non-hydrogen) atoms. The smallest absolute Gasteiger partial charge is 0.270 e. The lowest BCUT2D eigenvalue weighted by atomic mass is 9.79. The molecule has 0 bridgehead atoms. The predicted octanol–water partition coefficient (Wildman–Crippen LogP) is 3.05. The van der Waals surface area contributed by atoms with Crippen LogP contribution in [0.3, 0.4) is 0 Å². The summed E-state index contributed by atoms with van der Waals surface area (Å²) >= 11 is 0. The second-order valence-electron chi connectivity index (χ2n) is 10.9. The molecule has 1 fully saturated rings. The van der Waals surface area contributed by atoms with Gasteiger partial charge in [-0.2, -0.15) is 0 Å². The number of hydrogen-bond donors (Lipinski definition) is 3. The van der Waals surface area contributed by atoms with Gasteiger partial charge in [0, 0.05) is 30.7 Å². The van der Waals surface area contributed by atoms with E-state index in [1.165, 1.54) is 11.9 Å². The number of anilines is 1. The van der Waals surface area contributed by atoms with Gasteiger partial charge in [0.05, 0.1) is 10.9 Å². The van der Waals surface area contributed by atoms with Gasteiger partial charge in [-0.1, -0.05) is 32.0 Å². The molecule has 3 heterocycles. The SMILES string of the molecule is CC(C)C[C@@H](C(=O)N1CC2(CC1C(N)=O)C(=O)Nc1ccccc12)N(C)C(=O)c1cc2c(F)cc(F)c(F)c2[nH]1. The van der Waals surface area contributed by atoms with E-state index in [0.29, 0.717) is 17.3 Å². The molecule has 9 nitrogen and oxygen atoms in total. The van der Waals surface area contributed by atoms with Gasteiger partial charge in [0.1, 0.15) is 23.6 Å². The fourth-order valence-corrected chi connectivity index (χ4v) is 5.82. The lowest BCUT2D eigenvalue weighted by Gasteiger charge is -2.33. The molecular weight excluding hydrogens is 527 g/mol. The highest BCUT2D eigenvalue weighted by Gasteiger charge is 2.57. The number of amides is 4. The summed E-state index contributed by atoms with van der Waals surface area (Å²) in [5, 5.41) is 2.50. The second kappa shape index (κ2) is 9.68. The topological polar surface area (TPSA) is 129 Å². The normalized spacial score (nSPS) is 20.7. The Kier molecular flexibility index (Phi) is 6.59. The summed E-state index contributed by atoms with van der Waals surface area (Å²) in [6.45, 7) is 3.56. The van der Waals surface area contributed by atoms with Crippen molar-refractivity contribution in [2.45, 2.75) is 44.2 Å². The van der Waals surface area contributed by atoms with Gasteiger partial charge < -0.3 is 25.8 Å². The minimum absolute atomic E-state index is 0.0187. The average molecular weight is 556 g/mol. The first-order valence-corrected chi connectivity index (χ1v) is 12.8. The van der Waals surface area contributed by atoms with Crippen molar-refractivity contribution in [3.05, 3.63) is 65.1 Å². The van der Waals surface area contributed by atoms with Gasteiger partial charge in [0.2, 0.25) is 17.7 Å². The van der Waals surface area contributed by atoms with Gasteiger partial charge in [-0.3, -0.25) is 19.2 Å². The number of nitrogens with two attached hydrogens (primary N) is 1. The van der Waals surface area contributed by atoms with Gasteiger partial charge in [-0.15, -0.1) is 0 Å². The Hall–Kier alpha value is -4.35. The molecule has 2 aromatic carbocycles. The number of hydrogen-bond acceptors (Lipinski definition) is 4. The van der Waals surface area contributed by atoms with Crippen LogP contribution in [0.5, 0.6) is 0 Å². The third-order valence-electron chi connectivity index (χ3n) is 7.85. The first-order chi connectivity index (χ1) is 18.9. The predicted molar refractivity (Wildman–Crippen MR) is 140 cm³/mol. The Balaban J connectivity index is 1.50. The third-order valence-corrected chi connectivity index (χ3v) is 7.85. The number of primary amides is 1. The Labute approximate surface area is 227 Å². The third kappa shape index (κ3) is 4.18. The number of H-pyrrole nitrogens is 1. The molecule has 0 radical (unpaired) electrons. The number of carbonyl (C=O) groups is 4. The van der Waals surface area contributed by atoms with E-state index in [9.17, 15) is 32.3 Å². The highest BCUT2D eigenvalue weighted by atomic mass is 19.2. The van der Waals surface area contributed by atoms with Crippen molar-refractivity contribution in [2.24, 2.45) is 11.7 Å². The Morgan fingerprint density at radius 2 is 1.85 bits per heavy atom. The molecule has 12 heteroatoms. The fraction of sp³-hybridized carbons (Fsp3) is 0.357. The van der Waals surface area contributed by atoms with E-state index in [1.54, 1.807) is 24.3 Å². The first-order valence-electron chi connectivity index (χ1n) is 12.8. The van der Waals surface area contributed by atoms with Crippen LogP contribution in [0, 0.1) is 23.4 Å². The number of aromatic nitrogens is 1. The lowest BCUT2D eigenvalue weighted by Crippen LogP contribution is -2.54. The summed E-state index contributed by atoms with van der Waals surface area (Å²) in [5.41, 5.74) is 4.99. The van der Waals surface area contributed by atoms with Crippen molar-refractivity contribution in [1.29, 1.82) is 0 Å². The van der Waals surface area contributed by atoms with Crippen molar-refractivity contribution < 1.29 is 32.3 Å². The summed E-state index contributed by atoms with van der Waals surface area (Å²) in [4.78, 5) is 58.1. The number of carbonyl (C=O) groups excluding carboxylic acids is 4. The molecule has 1 aromatic heterocycles. The van der Waals surface area contributed by atoms with Crippen molar-refractivity contribution in [3.8, 4) is 0 Å². The van der Waals surface area contributed by atoms with E-state index in [0.717, 1.165) is 11.0 Å². The molecule has 1 spiro atoms. The number of nitrogens with zero attached hydrogens (tertiary/aromatic N) is 2. The van der Waals surface area contributed by atoms with Crippen LogP contribution in [0.4, 0.5) is 18.9 Å². The zero-order valence-electron chi connectivity index (χ0n) is 22.1. The van der Waals surface area contributed by atoms with E-state index >= 15 is 0 Å². The van der Waals surface area contributed by atoms with Crippen LogP contribution in [0.2, 0.25) is 0 Å². The number of benzene rings is 2. The molecule has 0 saturated carbocycles. The van der Waals surface area contributed by atoms with E-state index in [1.807, 2.05) is 13.8 Å². The van der Waals surface area contributed by atoms with E-state index in [4.69, 9.17) is 5.73 Å². The fourth-order valence-electron chi connectivity index (χ4n) is 5.82. The van der Waals surface area contributed by atoms with Crippen LogP contribution in [0.25, 0.3) is 10.9 Å². The van der Waals surface area contributed by atoms with E-state index in [2.05, 4.69) is 10.3 Å². The number of halogens is 3. The molecule has 4 amide bonds. The maximum atomic E-state index is 14.3. The minimum Gasteiger partial charge on any atom is -0.368 e. The van der Waals surface area contributed by atoms with Crippen molar-refractivity contribution in [1.82, 2.24) is 14.8 Å². The first kappa shape index (κ1) is 27.2. The van der Waals surface area contributed by atoms with Crippen LogP contribution in [0.1, 0.15) is 42.7 Å². The molecule has 4 N–H and O–H groups in total. The highest BCUT2D eigenvalue weighted by molar-refractivity contribution is 6.08. The van der Waals surface area contributed by atoms with E-state index in [-0.39, 0.29) is 42.3 Å². The van der Waals surface area contributed by atoms with Crippen molar-refractivity contribution >= 4 is 40.2 Å². The summed E-state index contributed by atoms with van der Waals surface area (Å²) in [6, 6.07) is 6.24. The largest absolute Gasteiger partial charge is 0.368 e. The maximum Gasteiger partial charge on any atom is 0.270 e. The number of para-hydroxylation sites is 1.